The largest absolute Gasteiger partial charge is 0.351 e. The molecule has 23 heavy (non-hydrogen) atoms. The molecule has 4 heteroatoms. The van der Waals surface area contributed by atoms with Gasteiger partial charge in [0.15, 0.2) is 0 Å². The Morgan fingerprint density at radius 1 is 1.04 bits per heavy atom. The van der Waals surface area contributed by atoms with Crippen molar-refractivity contribution in [1.82, 2.24) is 4.98 Å². The summed E-state index contributed by atoms with van der Waals surface area (Å²) >= 11 is 0. The Bertz CT molecular complexity index is 807. The van der Waals surface area contributed by atoms with Crippen molar-refractivity contribution < 1.29 is 4.39 Å². The van der Waals surface area contributed by atoms with Gasteiger partial charge in [0.05, 0.1) is 5.56 Å². The molecule has 2 heterocycles. The maximum Gasteiger partial charge on any atom is 0.147 e. The van der Waals surface area contributed by atoms with Crippen molar-refractivity contribution in [2.24, 2.45) is 0 Å². The van der Waals surface area contributed by atoms with Crippen LogP contribution in [0.5, 0.6) is 0 Å². The molecule has 1 aliphatic heterocycles. The minimum Gasteiger partial charge on any atom is -0.351 e. The van der Waals surface area contributed by atoms with Crippen molar-refractivity contribution in [2.45, 2.75) is 38.6 Å². The maximum atomic E-state index is 13.4. The van der Waals surface area contributed by atoms with Gasteiger partial charge in [0, 0.05) is 18.8 Å². The fraction of sp³-hybridized carbons (Fsp3) is 0.368. The smallest absolute Gasteiger partial charge is 0.147 e. The summed E-state index contributed by atoms with van der Waals surface area (Å²) in [5, 5.41) is 9.52. The molecule has 116 valence electrons. The van der Waals surface area contributed by atoms with E-state index < -0.39 is 0 Å². The number of fused-ring (bicyclic) bond motifs is 2. The Labute approximate surface area is 135 Å². The van der Waals surface area contributed by atoms with Crippen molar-refractivity contribution in [3.05, 3.63) is 58.0 Å². The van der Waals surface area contributed by atoms with Crippen LogP contribution in [0.15, 0.2) is 24.3 Å². The van der Waals surface area contributed by atoms with E-state index in [-0.39, 0.29) is 5.82 Å². The van der Waals surface area contributed by atoms with Gasteiger partial charge in [0.2, 0.25) is 0 Å². The van der Waals surface area contributed by atoms with E-state index in [0.717, 1.165) is 48.4 Å². The van der Waals surface area contributed by atoms with Gasteiger partial charge in [-0.05, 0) is 67.0 Å². The molecule has 1 aromatic heterocycles. The average molecular weight is 307 g/mol. The third-order valence-corrected chi connectivity index (χ3v) is 4.88. The fourth-order valence-electron chi connectivity index (χ4n) is 3.65. The summed E-state index contributed by atoms with van der Waals surface area (Å²) in [4.78, 5) is 6.99. The molecule has 2 aliphatic rings. The molecule has 0 fully saturated rings. The molecule has 0 spiro atoms. The normalized spacial score (nSPS) is 16.4. The number of rotatable bonds is 1. The second-order valence-corrected chi connectivity index (χ2v) is 6.37. The predicted octanol–water partition coefficient (Wildman–Crippen LogP) is 3.53. The van der Waals surface area contributed by atoms with Gasteiger partial charge in [0.1, 0.15) is 17.7 Å². The van der Waals surface area contributed by atoms with E-state index in [2.05, 4.69) is 11.0 Å². The molecule has 0 saturated carbocycles. The first-order valence-electron chi connectivity index (χ1n) is 8.20. The van der Waals surface area contributed by atoms with E-state index in [1.165, 1.54) is 24.5 Å². The van der Waals surface area contributed by atoms with Gasteiger partial charge in [-0.3, -0.25) is 0 Å². The number of halogens is 1. The SMILES string of the molecule is N#Cc1cc2c(nc1N1CCc3cc(F)ccc3C1)CCCC2. The highest BCUT2D eigenvalue weighted by Crippen LogP contribution is 2.30. The van der Waals surface area contributed by atoms with Gasteiger partial charge in [-0.25, -0.2) is 9.37 Å². The predicted molar refractivity (Wildman–Crippen MR) is 86.7 cm³/mol. The van der Waals surface area contributed by atoms with E-state index >= 15 is 0 Å². The Kier molecular flexibility index (Phi) is 3.49. The molecule has 1 aliphatic carbocycles. The van der Waals surface area contributed by atoms with Crippen molar-refractivity contribution in [2.75, 3.05) is 11.4 Å². The minimum atomic E-state index is -0.179. The zero-order chi connectivity index (χ0) is 15.8. The summed E-state index contributed by atoms with van der Waals surface area (Å²) in [5.41, 5.74) is 5.24. The average Bonchev–Trinajstić information content (AvgIpc) is 2.60. The molecule has 0 unspecified atom stereocenters. The Morgan fingerprint density at radius 3 is 2.78 bits per heavy atom. The molecular weight excluding hydrogens is 289 g/mol. The van der Waals surface area contributed by atoms with Gasteiger partial charge < -0.3 is 4.90 Å². The van der Waals surface area contributed by atoms with Crippen LogP contribution in [0.25, 0.3) is 0 Å². The van der Waals surface area contributed by atoms with Crippen molar-refractivity contribution >= 4 is 5.82 Å². The van der Waals surface area contributed by atoms with Crippen LogP contribution in [-0.4, -0.2) is 11.5 Å². The number of pyridine rings is 1. The van der Waals surface area contributed by atoms with E-state index in [9.17, 15) is 9.65 Å². The number of anilines is 1. The summed E-state index contributed by atoms with van der Waals surface area (Å²) in [6, 6.07) is 9.32. The Balaban J connectivity index is 1.71. The first kappa shape index (κ1) is 14.2. The molecule has 2 aromatic rings. The lowest BCUT2D eigenvalue weighted by molar-refractivity contribution is 0.618. The highest BCUT2D eigenvalue weighted by Gasteiger charge is 2.23. The molecule has 0 radical (unpaired) electrons. The Morgan fingerprint density at radius 2 is 1.91 bits per heavy atom. The molecule has 0 amide bonds. The molecule has 0 bridgehead atoms. The van der Waals surface area contributed by atoms with Crippen molar-refractivity contribution in [3.63, 3.8) is 0 Å². The number of hydrogen-bond donors (Lipinski definition) is 0. The quantitative estimate of drug-likeness (QED) is 0.809. The number of benzene rings is 1. The fourth-order valence-corrected chi connectivity index (χ4v) is 3.65. The highest BCUT2D eigenvalue weighted by atomic mass is 19.1. The number of nitrogens with zero attached hydrogens (tertiary/aromatic N) is 3. The Hall–Kier alpha value is -2.41. The lowest BCUT2D eigenvalue weighted by Gasteiger charge is -2.31. The van der Waals surface area contributed by atoms with Crippen LogP contribution in [0.1, 0.15) is 40.8 Å². The monoisotopic (exact) mass is 307 g/mol. The van der Waals surface area contributed by atoms with E-state index in [1.54, 1.807) is 6.07 Å². The van der Waals surface area contributed by atoms with Crippen molar-refractivity contribution in [3.8, 4) is 6.07 Å². The zero-order valence-corrected chi connectivity index (χ0v) is 13.0. The summed E-state index contributed by atoms with van der Waals surface area (Å²) < 4.78 is 13.4. The standard InChI is InChI=1S/C19H18FN3/c20-17-6-5-15-12-23(8-7-13(15)10-17)19-16(11-21)9-14-3-1-2-4-18(14)22-19/h5-6,9-10H,1-4,7-8,12H2. The summed E-state index contributed by atoms with van der Waals surface area (Å²) in [5.74, 6) is 0.616. The van der Waals surface area contributed by atoms with Crippen LogP contribution in [0.3, 0.4) is 0 Å². The molecule has 3 nitrogen and oxygen atoms in total. The lowest BCUT2D eigenvalue weighted by atomic mass is 9.94. The van der Waals surface area contributed by atoms with Gasteiger partial charge in [0.25, 0.3) is 0 Å². The molecule has 0 atom stereocenters. The second-order valence-electron chi connectivity index (χ2n) is 6.37. The third-order valence-electron chi connectivity index (χ3n) is 4.88. The van der Waals surface area contributed by atoms with Crippen LogP contribution in [-0.2, 0) is 25.8 Å². The number of aromatic nitrogens is 1. The zero-order valence-electron chi connectivity index (χ0n) is 13.0. The first-order valence-corrected chi connectivity index (χ1v) is 8.20. The molecule has 4 rings (SSSR count). The number of hydrogen-bond acceptors (Lipinski definition) is 3. The second kappa shape index (κ2) is 5.66. The van der Waals surface area contributed by atoms with Crippen LogP contribution in [0.4, 0.5) is 10.2 Å². The van der Waals surface area contributed by atoms with Gasteiger partial charge in [-0.15, -0.1) is 0 Å². The first-order chi connectivity index (χ1) is 11.2. The van der Waals surface area contributed by atoms with Crippen LogP contribution < -0.4 is 4.90 Å². The van der Waals surface area contributed by atoms with E-state index in [0.29, 0.717) is 12.1 Å². The summed E-state index contributed by atoms with van der Waals surface area (Å²) in [6.45, 7) is 1.47. The van der Waals surface area contributed by atoms with Gasteiger partial charge in [-0.2, -0.15) is 5.26 Å². The molecule has 0 saturated heterocycles. The van der Waals surface area contributed by atoms with Crippen LogP contribution in [0.2, 0.25) is 0 Å². The molecule has 1 aromatic carbocycles. The van der Waals surface area contributed by atoms with E-state index in [1.807, 2.05) is 12.1 Å². The summed E-state index contributed by atoms with van der Waals surface area (Å²) in [6.07, 6.45) is 5.18. The molecular formula is C19H18FN3. The van der Waals surface area contributed by atoms with Gasteiger partial charge in [-0.1, -0.05) is 6.07 Å². The maximum absolute atomic E-state index is 13.4. The minimum absolute atomic E-state index is 0.179. The molecule has 0 N–H and O–H groups in total. The van der Waals surface area contributed by atoms with Crippen molar-refractivity contribution in [1.29, 1.82) is 5.26 Å². The highest BCUT2D eigenvalue weighted by molar-refractivity contribution is 5.58. The topological polar surface area (TPSA) is 39.9 Å². The van der Waals surface area contributed by atoms with E-state index in [4.69, 9.17) is 4.98 Å². The summed E-state index contributed by atoms with van der Waals surface area (Å²) in [7, 11) is 0. The lowest BCUT2D eigenvalue weighted by Crippen LogP contribution is -2.32. The van der Waals surface area contributed by atoms with Crippen LogP contribution in [0, 0.1) is 17.1 Å². The van der Waals surface area contributed by atoms with Crippen LogP contribution >= 0.6 is 0 Å². The number of nitriles is 1. The van der Waals surface area contributed by atoms with Gasteiger partial charge >= 0.3 is 0 Å². The number of aryl methyl sites for hydroxylation is 2. The third kappa shape index (κ3) is 2.57.